The molecule has 1 aliphatic rings. The van der Waals surface area contributed by atoms with Crippen molar-refractivity contribution in [3.05, 3.63) is 44.4 Å². The number of carbonyl (C=O) groups is 2. The lowest BCUT2D eigenvalue weighted by molar-refractivity contribution is -0.124. The molecule has 0 spiro atoms. The van der Waals surface area contributed by atoms with Crippen molar-refractivity contribution < 1.29 is 14.1 Å². The van der Waals surface area contributed by atoms with Crippen molar-refractivity contribution in [2.45, 2.75) is 51.7 Å². The number of aromatic nitrogens is 3. The standard InChI is InChI=1S/C19H26N6O5/c1-2-24-18(28)15(14(26)11-23-8-4-3-5-13(23)17(21)27)16(20)25(19(24)29)9-6-12-7-10-30-22-12/h7,10,13H,2-6,8-9,11,20H2,1H3,(H2,21,27)/t13-/m1/s1. The molecule has 0 bridgehead atoms. The number of nitrogens with two attached hydrogens (primary N) is 2. The zero-order chi connectivity index (χ0) is 21.8. The Bertz CT molecular complexity index is 1040. The fourth-order valence-electron chi connectivity index (χ4n) is 3.83. The first-order chi connectivity index (χ1) is 14.3. The molecule has 1 aliphatic heterocycles. The summed E-state index contributed by atoms with van der Waals surface area (Å²) in [6.45, 7) is 2.22. The lowest BCUT2D eigenvalue weighted by Gasteiger charge is -2.33. The molecular formula is C19H26N6O5. The quantitative estimate of drug-likeness (QED) is 0.536. The first kappa shape index (κ1) is 21.5. The summed E-state index contributed by atoms with van der Waals surface area (Å²) >= 11 is 0. The average molecular weight is 418 g/mol. The number of anilines is 1. The van der Waals surface area contributed by atoms with Crippen LogP contribution in [0.4, 0.5) is 5.82 Å². The van der Waals surface area contributed by atoms with Crippen LogP contribution in [0.3, 0.4) is 0 Å². The third kappa shape index (κ3) is 4.20. The van der Waals surface area contributed by atoms with E-state index in [4.69, 9.17) is 16.0 Å². The zero-order valence-corrected chi connectivity index (χ0v) is 16.9. The molecule has 1 fully saturated rings. The number of piperidine rings is 1. The molecule has 162 valence electrons. The van der Waals surface area contributed by atoms with E-state index in [1.807, 2.05) is 0 Å². The van der Waals surface area contributed by atoms with Gasteiger partial charge in [-0.2, -0.15) is 0 Å². The molecule has 0 saturated carbocycles. The number of primary amides is 1. The van der Waals surface area contributed by atoms with Crippen LogP contribution >= 0.6 is 0 Å². The van der Waals surface area contributed by atoms with E-state index in [9.17, 15) is 19.2 Å². The van der Waals surface area contributed by atoms with Gasteiger partial charge in [0.25, 0.3) is 5.56 Å². The van der Waals surface area contributed by atoms with E-state index < -0.39 is 29.0 Å². The monoisotopic (exact) mass is 418 g/mol. The van der Waals surface area contributed by atoms with Crippen LogP contribution in [0.15, 0.2) is 26.4 Å². The largest absolute Gasteiger partial charge is 0.384 e. The Kier molecular flexibility index (Phi) is 6.50. The van der Waals surface area contributed by atoms with Gasteiger partial charge < -0.3 is 16.0 Å². The highest BCUT2D eigenvalue weighted by molar-refractivity contribution is 6.01. The second-order valence-electron chi connectivity index (χ2n) is 7.29. The number of hydrogen-bond donors (Lipinski definition) is 2. The molecule has 2 aromatic rings. The maximum atomic E-state index is 13.1. The van der Waals surface area contributed by atoms with Gasteiger partial charge in [-0.3, -0.25) is 28.4 Å². The van der Waals surface area contributed by atoms with Crippen LogP contribution in [0.2, 0.25) is 0 Å². The summed E-state index contributed by atoms with van der Waals surface area (Å²) in [5, 5.41) is 3.79. The number of amides is 1. The first-order valence-corrected chi connectivity index (χ1v) is 9.94. The number of Topliss-reactive ketones (excluding diaryl/α,β-unsaturated/α-hetero) is 1. The lowest BCUT2D eigenvalue weighted by Crippen LogP contribution is -2.51. The van der Waals surface area contributed by atoms with Crippen molar-refractivity contribution in [2.75, 3.05) is 18.8 Å². The molecule has 4 N–H and O–H groups in total. The molecule has 2 aromatic heterocycles. The Morgan fingerprint density at radius 2 is 2.03 bits per heavy atom. The number of aryl methyl sites for hydroxylation is 1. The molecule has 0 unspecified atom stereocenters. The van der Waals surface area contributed by atoms with Gasteiger partial charge in [0.05, 0.1) is 18.3 Å². The molecule has 30 heavy (non-hydrogen) atoms. The Morgan fingerprint density at radius 1 is 1.27 bits per heavy atom. The van der Waals surface area contributed by atoms with Gasteiger partial charge in [0, 0.05) is 25.6 Å². The fourth-order valence-corrected chi connectivity index (χ4v) is 3.83. The van der Waals surface area contributed by atoms with Crippen LogP contribution in [-0.4, -0.2) is 50.0 Å². The van der Waals surface area contributed by atoms with Crippen molar-refractivity contribution in [1.82, 2.24) is 19.2 Å². The minimum absolute atomic E-state index is 0.0931. The molecule has 3 heterocycles. The Morgan fingerprint density at radius 3 is 2.67 bits per heavy atom. The molecule has 11 heteroatoms. The molecule has 3 rings (SSSR count). The van der Waals surface area contributed by atoms with Gasteiger partial charge >= 0.3 is 5.69 Å². The van der Waals surface area contributed by atoms with Crippen molar-refractivity contribution in [1.29, 1.82) is 0 Å². The van der Waals surface area contributed by atoms with E-state index in [1.165, 1.54) is 10.8 Å². The second-order valence-corrected chi connectivity index (χ2v) is 7.29. The smallest absolute Gasteiger partial charge is 0.332 e. The van der Waals surface area contributed by atoms with Crippen molar-refractivity contribution >= 4 is 17.5 Å². The predicted octanol–water partition coefficient (Wildman–Crippen LogP) is -0.635. The van der Waals surface area contributed by atoms with Crippen molar-refractivity contribution in [3.63, 3.8) is 0 Å². The third-order valence-corrected chi connectivity index (χ3v) is 5.43. The highest BCUT2D eigenvalue weighted by Crippen LogP contribution is 2.18. The summed E-state index contributed by atoms with van der Waals surface area (Å²) in [4.78, 5) is 52.0. The molecule has 1 amide bonds. The summed E-state index contributed by atoms with van der Waals surface area (Å²) in [6.07, 6.45) is 3.98. The van der Waals surface area contributed by atoms with E-state index in [0.29, 0.717) is 25.1 Å². The summed E-state index contributed by atoms with van der Waals surface area (Å²) in [5.74, 6) is -1.22. The molecular weight excluding hydrogens is 392 g/mol. The van der Waals surface area contributed by atoms with Crippen LogP contribution in [0, 0.1) is 0 Å². The van der Waals surface area contributed by atoms with Gasteiger partial charge in [0.1, 0.15) is 17.6 Å². The van der Waals surface area contributed by atoms with Crippen molar-refractivity contribution in [3.8, 4) is 0 Å². The van der Waals surface area contributed by atoms with E-state index in [1.54, 1.807) is 17.9 Å². The van der Waals surface area contributed by atoms with Gasteiger partial charge in [0.15, 0.2) is 5.78 Å². The lowest BCUT2D eigenvalue weighted by atomic mass is 10.0. The van der Waals surface area contributed by atoms with Gasteiger partial charge in [-0.25, -0.2) is 4.79 Å². The minimum Gasteiger partial charge on any atom is -0.384 e. The Balaban J connectivity index is 1.95. The van der Waals surface area contributed by atoms with E-state index in [-0.39, 0.29) is 31.0 Å². The second kappa shape index (κ2) is 9.08. The van der Waals surface area contributed by atoms with Gasteiger partial charge in [-0.15, -0.1) is 0 Å². The van der Waals surface area contributed by atoms with Gasteiger partial charge in [-0.05, 0) is 26.3 Å². The molecule has 1 atom stereocenters. The predicted molar refractivity (Wildman–Crippen MR) is 108 cm³/mol. The maximum Gasteiger partial charge on any atom is 0.332 e. The fraction of sp³-hybridized carbons (Fsp3) is 0.526. The summed E-state index contributed by atoms with van der Waals surface area (Å²) in [5.41, 5.74) is 10.6. The van der Waals surface area contributed by atoms with Crippen LogP contribution in [0.1, 0.15) is 42.2 Å². The average Bonchev–Trinajstić information content (AvgIpc) is 3.22. The highest BCUT2D eigenvalue weighted by Gasteiger charge is 2.31. The van der Waals surface area contributed by atoms with Crippen LogP contribution in [0.25, 0.3) is 0 Å². The number of likely N-dealkylation sites (tertiary alicyclic amines) is 1. The Hall–Kier alpha value is -3.21. The van der Waals surface area contributed by atoms with Crippen molar-refractivity contribution in [2.24, 2.45) is 5.73 Å². The SMILES string of the molecule is CCn1c(=O)c(C(=O)CN2CCCC[C@@H]2C(N)=O)c(N)n(CCc2ccon2)c1=O. The van der Waals surface area contributed by atoms with E-state index in [0.717, 1.165) is 17.4 Å². The van der Waals surface area contributed by atoms with E-state index >= 15 is 0 Å². The highest BCUT2D eigenvalue weighted by atomic mass is 16.5. The van der Waals surface area contributed by atoms with Crippen LogP contribution in [0.5, 0.6) is 0 Å². The first-order valence-electron chi connectivity index (χ1n) is 9.94. The number of ketones is 1. The number of nitrogens with zero attached hydrogens (tertiary/aromatic N) is 4. The number of nitrogen functional groups attached to an aromatic ring is 1. The molecule has 1 saturated heterocycles. The molecule has 0 aromatic carbocycles. The topological polar surface area (TPSA) is 159 Å². The molecule has 11 nitrogen and oxygen atoms in total. The summed E-state index contributed by atoms with van der Waals surface area (Å²) < 4.78 is 6.97. The number of rotatable bonds is 8. The number of carbonyl (C=O) groups excluding carboxylic acids is 2. The summed E-state index contributed by atoms with van der Waals surface area (Å²) in [7, 11) is 0. The Labute approximate surface area is 172 Å². The third-order valence-electron chi connectivity index (χ3n) is 5.43. The van der Waals surface area contributed by atoms with Gasteiger partial charge in [-0.1, -0.05) is 11.6 Å². The number of hydrogen-bond acceptors (Lipinski definition) is 8. The van der Waals surface area contributed by atoms with E-state index in [2.05, 4.69) is 5.16 Å². The van der Waals surface area contributed by atoms with Crippen LogP contribution in [-0.2, 0) is 24.3 Å². The minimum atomic E-state index is -0.727. The van der Waals surface area contributed by atoms with Crippen LogP contribution < -0.4 is 22.7 Å². The van der Waals surface area contributed by atoms with Gasteiger partial charge in [0.2, 0.25) is 5.91 Å². The molecule has 0 radical (unpaired) electrons. The zero-order valence-electron chi connectivity index (χ0n) is 16.9. The maximum absolute atomic E-state index is 13.1. The normalized spacial score (nSPS) is 17.2. The molecule has 0 aliphatic carbocycles. The summed E-state index contributed by atoms with van der Waals surface area (Å²) in [6, 6.07) is 1.10.